The molecule has 3 saturated carbocycles. The Morgan fingerprint density at radius 3 is 2.52 bits per heavy atom. The van der Waals surface area contributed by atoms with Crippen molar-refractivity contribution in [1.29, 1.82) is 0 Å². The molecule has 4 heteroatoms. The van der Waals surface area contributed by atoms with E-state index in [2.05, 4.69) is 32.9 Å². The average molecular weight is 401 g/mol. The van der Waals surface area contributed by atoms with Gasteiger partial charge in [0.2, 0.25) is 0 Å². The van der Waals surface area contributed by atoms with Gasteiger partial charge in [0.1, 0.15) is 6.10 Å². The highest BCUT2D eigenvalue weighted by atomic mass is 16.7. The topological polar surface area (TPSA) is 36.9 Å². The fraction of sp³-hybridized carbons (Fsp3) is 0.840. The summed E-state index contributed by atoms with van der Waals surface area (Å²) in [6.45, 7) is 9.85. The highest BCUT2D eigenvalue weighted by Crippen LogP contribution is 2.66. The second-order valence-corrected chi connectivity index (χ2v) is 10.9. The van der Waals surface area contributed by atoms with Crippen LogP contribution >= 0.6 is 0 Å². The number of ether oxygens (including phenoxy) is 4. The Morgan fingerprint density at radius 2 is 1.69 bits per heavy atom. The van der Waals surface area contributed by atoms with Crippen LogP contribution in [-0.4, -0.2) is 44.4 Å². The summed E-state index contributed by atoms with van der Waals surface area (Å²) in [4.78, 5) is 0. The lowest BCUT2D eigenvalue weighted by Crippen LogP contribution is -2.61. The van der Waals surface area contributed by atoms with Gasteiger partial charge in [0.15, 0.2) is 5.79 Å². The average Bonchev–Trinajstić information content (AvgIpc) is 3.06. The Balaban J connectivity index is 1.47. The molecule has 29 heavy (non-hydrogen) atoms. The lowest BCUT2D eigenvalue weighted by atomic mass is 9.49. The van der Waals surface area contributed by atoms with Crippen molar-refractivity contribution in [2.45, 2.75) is 77.3 Å². The van der Waals surface area contributed by atoms with Gasteiger partial charge in [-0.15, -0.1) is 0 Å². The van der Waals surface area contributed by atoms with Gasteiger partial charge in [0, 0.05) is 6.42 Å². The van der Waals surface area contributed by atoms with Crippen LogP contribution in [0.4, 0.5) is 0 Å². The van der Waals surface area contributed by atoms with Gasteiger partial charge in [-0.2, -0.15) is 0 Å². The van der Waals surface area contributed by atoms with Gasteiger partial charge >= 0.3 is 0 Å². The summed E-state index contributed by atoms with van der Waals surface area (Å²) in [5, 5.41) is 0. The van der Waals surface area contributed by atoms with Crippen molar-refractivity contribution in [1.82, 2.24) is 0 Å². The zero-order valence-corrected chi connectivity index (χ0v) is 18.2. The first-order valence-corrected chi connectivity index (χ1v) is 11.9. The van der Waals surface area contributed by atoms with Crippen molar-refractivity contribution < 1.29 is 18.9 Å². The van der Waals surface area contributed by atoms with E-state index in [9.17, 15) is 0 Å². The molecule has 1 spiro atoms. The van der Waals surface area contributed by atoms with Gasteiger partial charge in [0.25, 0.3) is 0 Å². The molecule has 9 rings (SSSR count). The van der Waals surface area contributed by atoms with Gasteiger partial charge in [0.05, 0.1) is 32.5 Å². The maximum atomic E-state index is 6.46. The quantitative estimate of drug-likeness (QED) is 0.593. The molecule has 0 aromatic rings. The fourth-order valence-corrected chi connectivity index (χ4v) is 8.28. The van der Waals surface area contributed by atoms with Gasteiger partial charge in [-0.25, -0.2) is 0 Å². The van der Waals surface area contributed by atoms with Crippen LogP contribution in [0.1, 0.15) is 59.3 Å². The van der Waals surface area contributed by atoms with Gasteiger partial charge < -0.3 is 18.9 Å². The van der Waals surface area contributed by atoms with E-state index in [1.54, 1.807) is 5.57 Å². The molecule has 0 unspecified atom stereocenters. The highest BCUT2D eigenvalue weighted by Gasteiger charge is 2.61. The van der Waals surface area contributed by atoms with Crippen molar-refractivity contribution in [3.63, 3.8) is 0 Å². The molecule has 0 N–H and O–H groups in total. The minimum atomic E-state index is -0.631. The first-order valence-electron chi connectivity index (χ1n) is 11.9. The molecular weight excluding hydrogens is 364 g/mol. The van der Waals surface area contributed by atoms with Gasteiger partial charge in [-0.1, -0.05) is 37.1 Å². The third-order valence-corrected chi connectivity index (χ3v) is 9.83. The van der Waals surface area contributed by atoms with Crippen LogP contribution < -0.4 is 0 Å². The summed E-state index contributed by atoms with van der Waals surface area (Å²) in [6.07, 6.45) is 12.3. The Kier molecular flexibility index (Phi) is 4.21. The first-order chi connectivity index (χ1) is 14.0. The monoisotopic (exact) mass is 400 g/mol. The molecule has 9 aliphatic rings. The Bertz CT molecular complexity index is 758. The zero-order chi connectivity index (χ0) is 19.9. The molecule has 4 nitrogen and oxygen atoms in total. The summed E-state index contributed by atoms with van der Waals surface area (Å²) in [5.74, 6) is 1.37. The summed E-state index contributed by atoms with van der Waals surface area (Å²) >= 11 is 0. The second kappa shape index (κ2) is 6.41. The normalized spacial score (nSPS) is 54.0. The minimum absolute atomic E-state index is 0.0164. The number of fused-ring (bicyclic) bond motifs is 1. The van der Waals surface area contributed by atoms with Gasteiger partial charge in [-0.05, 0) is 67.6 Å². The van der Waals surface area contributed by atoms with Crippen molar-refractivity contribution in [2.24, 2.45) is 28.6 Å². The Labute approximate surface area is 175 Å². The van der Waals surface area contributed by atoms with Crippen LogP contribution in [0.25, 0.3) is 0 Å². The molecule has 8 bridgehead atoms. The van der Waals surface area contributed by atoms with Crippen LogP contribution in [0, 0.1) is 28.6 Å². The maximum absolute atomic E-state index is 6.46. The zero-order valence-electron chi connectivity index (χ0n) is 18.2. The number of rotatable bonds is 0. The molecule has 0 aromatic heterocycles. The lowest BCUT2D eigenvalue weighted by molar-refractivity contribution is -0.341. The SMILES string of the molecule is C[C@H]1OCCO[C@@]23CC4=CC=C5[C@@H](CC[C@]6(C)[C@@H]1CC[C@@H]56)[C@@]4(C)C[C@@H]2OCCO3. The predicted octanol–water partition coefficient (Wildman–Crippen LogP) is 4.64. The molecule has 7 fully saturated rings. The second-order valence-electron chi connectivity index (χ2n) is 10.9. The summed E-state index contributed by atoms with van der Waals surface area (Å²) in [7, 11) is 0. The molecule has 160 valence electrons. The predicted molar refractivity (Wildman–Crippen MR) is 110 cm³/mol. The first kappa shape index (κ1) is 19.0. The molecule has 0 aromatic carbocycles. The van der Waals surface area contributed by atoms with E-state index in [1.165, 1.54) is 31.3 Å². The maximum Gasteiger partial charge on any atom is 0.198 e. The smallest absolute Gasteiger partial charge is 0.198 e. The van der Waals surface area contributed by atoms with E-state index in [-0.39, 0.29) is 17.6 Å². The third kappa shape index (κ3) is 2.52. The molecular formula is C25H36O4. The van der Waals surface area contributed by atoms with E-state index in [1.807, 2.05) is 0 Å². The summed E-state index contributed by atoms with van der Waals surface area (Å²) in [5.41, 5.74) is 3.78. The number of hydrogen-bond acceptors (Lipinski definition) is 4. The van der Waals surface area contributed by atoms with E-state index < -0.39 is 5.79 Å². The lowest BCUT2D eigenvalue weighted by Gasteiger charge is -2.59. The number of hydrogen-bond donors (Lipinski definition) is 0. The molecule has 0 amide bonds. The molecule has 4 saturated heterocycles. The van der Waals surface area contributed by atoms with Gasteiger partial charge in [-0.3, -0.25) is 0 Å². The number of allylic oxidation sites excluding steroid dienone is 3. The van der Waals surface area contributed by atoms with E-state index in [4.69, 9.17) is 18.9 Å². The van der Waals surface area contributed by atoms with Crippen LogP contribution in [0.3, 0.4) is 0 Å². The summed E-state index contributed by atoms with van der Waals surface area (Å²) < 4.78 is 25.4. The highest BCUT2D eigenvalue weighted by molar-refractivity contribution is 5.40. The minimum Gasteiger partial charge on any atom is -0.376 e. The Morgan fingerprint density at radius 1 is 0.897 bits per heavy atom. The third-order valence-electron chi connectivity index (χ3n) is 9.83. The van der Waals surface area contributed by atoms with Crippen LogP contribution in [-0.2, 0) is 18.9 Å². The fourth-order valence-electron chi connectivity index (χ4n) is 8.28. The van der Waals surface area contributed by atoms with Crippen LogP contribution in [0.15, 0.2) is 23.3 Å². The van der Waals surface area contributed by atoms with Crippen LogP contribution in [0.5, 0.6) is 0 Å². The molecule has 8 atom stereocenters. The van der Waals surface area contributed by atoms with E-state index in [0.29, 0.717) is 49.6 Å². The largest absolute Gasteiger partial charge is 0.376 e. The Hall–Kier alpha value is -0.680. The molecule has 4 aliphatic carbocycles. The van der Waals surface area contributed by atoms with E-state index >= 15 is 0 Å². The van der Waals surface area contributed by atoms with Crippen molar-refractivity contribution >= 4 is 0 Å². The summed E-state index contributed by atoms with van der Waals surface area (Å²) in [6, 6.07) is 0. The van der Waals surface area contributed by atoms with Crippen molar-refractivity contribution in [3.05, 3.63) is 23.3 Å². The molecule has 5 aliphatic heterocycles. The standard InChI is InChI=1S/C25H36O4/c1-16-19-6-7-20-18-5-4-17-14-25(28-12-10-26-16)22(27-11-13-29-25)15-24(17,3)21(18)8-9-23(19,20)2/h4-5,16,19-22H,6-15H2,1-3H3/t16-,19-,20+,21-,22+,23-,24+,25-/m1/s1. The van der Waals surface area contributed by atoms with Crippen LogP contribution in [0.2, 0.25) is 0 Å². The van der Waals surface area contributed by atoms with E-state index in [0.717, 1.165) is 12.8 Å². The van der Waals surface area contributed by atoms with Crippen molar-refractivity contribution in [3.8, 4) is 0 Å². The molecule has 0 radical (unpaired) electrons. The molecule has 5 heterocycles. The van der Waals surface area contributed by atoms with Crippen molar-refractivity contribution in [2.75, 3.05) is 26.4 Å².